The standard InChI is InChI=1S/C17H16FN3O3/c1-2-24-15-6-4-3-5-12(15)11-19-21-17(23)16(22)20-14-9-7-13(18)8-10-14/h3-11H,2H2,1H3,(H,20,22)(H,21,23). The smallest absolute Gasteiger partial charge is 0.329 e. The van der Waals surface area contributed by atoms with Gasteiger partial charge in [0.05, 0.1) is 12.8 Å². The molecule has 0 atom stereocenters. The molecule has 0 fully saturated rings. The fourth-order valence-electron chi connectivity index (χ4n) is 1.81. The van der Waals surface area contributed by atoms with Crippen LogP contribution in [0.5, 0.6) is 5.75 Å². The second-order valence-electron chi connectivity index (χ2n) is 4.63. The van der Waals surface area contributed by atoms with E-state index in [1.807, 2.05) is 13.0 Å². The lowest BCUT2D eigenvalue weighted by Gasteiger charge is -2.06. The molecule has 7 heteroatoms. The molecule has 0 aliphatic carbocycles. The summed E-state index contributed by atoms with van der Waals surface area (Å²) in [6.07, 6.45) is 1.38. The monoisotopic (exact) mass is 329 g/mol. The Labute approximate surface area is 138 Å². The number of para-hydroxylation sites is 1. The molecule has 2 aromatic carbocycles. The van der Waals surface area contributed by atoms with E-state index >= 15 is 0 Å². The van der Waals surface area contributed by atoms with Crippen molar-refractivity contribution in [3.63, 3.8) is 0 Å². The molecule has 2 rings (SSSR count). The van der Waals surface area contributed by atoms with Gasteiger partial charge in [0, 0.05) is 11.3 Å². The maximum absolute atomic E-state index is 12.8. The summed E-state index contributed by atoms with van der Waals surface area (Å²) in [7, 11) is 0. The van der Waals surface area contributed by atoms with Crippen LogP contribution < -0.4 is 15.5 Å². The molecule has 0 spiro atoms. The van der Waals surface area contributed by atoms with Crippen LogP contribution in [-0.4, -0.2) is 24.6 Å². The molecule has 0 aromatic heterocycles. The number of hydrogen-bond donors (Lipinski definition) is 2. The van der Waals surface area contributed by atoms with Crippen LogP contribution in [0.4, 0.5) is 10.1 Å². The van der Waals surface area contributed by atoms with E-state index in [4.69, 9.17) is 4.74 Å². The third kappa shape index (κ3) is 4.91. The average molecular weight is 329 g/mol. The van der Waals surface area contributed by atoms with Gasteiger partial charge in [0.1, 0.15) is 11.6 Å². The fourth-order valence-corrected chi connectivity index (χ4v) is 1.81. The van der Waals surface area contributed by atoms with Gasteiger partial charge < -0.3 is 10.1 Å². The maximum Gasteiger partial charge on any atom is 0.329 e. The molecule has 0 radical (unpaired) electrons. The van der Waals surface area contributed by atoms with Crippen LogP contribution in [0.15, 0.2) is 53.6 Å². The summed E-state index contributed by atoms with van der Waals surface area (Å²) in [4.78, 5) is 23.4. The van der Waals surface area contributed by atoms with Gasteiger partial charge >= 0.3 is 11.8 Å². The van der Waals surface area contributed by atoms with Crippen LogP contribution in [0.2, 0.25) is 0 Å². The van der Waals surface area contributed by atoms with Gasteiger partial charge in [-0.15, -0.1) is 0 Å². The first-order chi connectivity index (χ1) is 11.6. The Hall–Kier alpha value is -3.22. The fraction of sp³-hybridized carbons (Fsp3) is 0.118. The summed E-state index contributed by atoms with van der Waals surface area (Å²) < 4.78 is 18.2. The van der Waals surface area contributed by atoms with Crippen molar-refractivity contribution >= 4 is 23.7 Å². The van der Waals surface area contributed by atoms with Crippen molar-refractivity contribution in [2.75, 3.05) is 11.9 Å². The maximum atomic E-state index is 12.8. The number of nitrogens with zero attached hydrogens (tertiary/aromatic N) is 1. The number of amides is 2. The Morgan fingerprint density at radius 2 is 1.83 bits per heavy atom. The second-order valence-corrected chi connectivity index (χ2v) is 4.63. The molecule has 0 unspecified atom stereocenters. The lowest BCUT2D eigenvalue weighted by atomic mass is 10.2. The van der Waals surface area contributed by atoms with Gasteiger partial charge in [-0.25, -0.2) is 9.82 Å². The van der Waals surface area contributed by atoms with E-state index in [2.05, 4.69) is 15.8 Å². The SMILES string of the molecule is CCOc1ccccc1C=NNC(=O)C(=O)Nc1ccc(F)cc1. The molecular formula is C17H16FN3O3. The van der Waals surface area contributed by atoms with Crippen LogP contribution in [-0.2, 0) is 9.59 Å². The highest BCUT2D eigenvalue weighted by atomic mass is 19.1. The van der Waals surface area contributed by atoms with Crippen molar-refractivity contribution in [1.29, 1.82) is 0 Å². The predicted molar refractivity (Wildman–Crippen MR) is 88.4 cm³/mol. The topological polar surface area (TPSA) is 79.8 Å². The summed E-state index contributed by atoms with van der Waals surface area (Å²) in [6, 6.07) is 12.2. The molecule has 2 N–H and O–H groups in total. The van der Waals surface area contributed by atoms with Crippen LogP contribution in [0.25, 0.3) is 0 Å². The molecule has 2 aromatic rings. The third-order valence-corrected chi connectivity index (χ3v) is 2.90. The lowest BCUT2D eigenvalue weighted by molar-refractivity contribution is -0.136. The largest absolute Gasteiger partial charge is 0.493 e. The lowest BCUT2D eigenvalue weighted by Crippen LogP contribution is -2.32. The van der Waals surface area contributed by atoms with Gasteiger partial charge in [0.2, 0.25) is 0 Å². The third-order valence-electron chi connectivity index (χ3n) is 2.90. The second kappa shape index (κ2) is 8.42. The number of ether oxygens (including phenoxy) is 1. The van der Waals surface area contributed by atoms with Gasteiger partial charge in [0.25, 0.3) is 0 Å². The molecule has 24 heavy (non-hydrogen) atoms. The Morgan fingerprint density at radius 1 is 1.12 bits per heavy atom. The van der Waals surface area contributed by atoms with Crippen molar-refractivity contribution in [1.82, 2.24) is 5.43 Å². The van der Waals surface area contributed by atoms with Gasteiger partial charge in [0.15, 0.2) is 0 Å². The molecule has 124 valence electrons. The van der Waals surface area contributed by atoms with Crippen molar-refractivity contribution in [3.05, 3.63) is 59.9 Å². The summed E-state index contributed by atoms with van der Waals surface area (Å²) in [6.45, 7) is 2.35. The van der Waals surface area contributed by atoms with Crippen LogP contribution >= 0.6 is 0 Å². The van der Waals surface area contributed by atoms with Crippen molar-refractivity contribution in [2.45, 2.75) is 6.92 Å². The zero-order valence-electron chi connectivity index (χ0n) is 13.0. The van der Waals surface area contributed by atoms with E-state index in [0.29, 0.717) is 23.6 Å². The zero-order chi connectivity index (χ0) is 17.4. The number of hydrazone groups is 1. The number of anilines is 1. The summed E-state index contributed by atoms with van der Waals surface area (Å²) in [5.41, 5.74) is 3.09. The van der Waals surface area contributed by atoms with Crippen molar-refractivity contribution < 1.29 is 18.7 Å². The minimum Gasteiger partial charge on any atom is -0.493 e. The molecule has 2 amide bonds. The minimum atomic E-state index is -0.940. The molecule has 0 aliphatic heterocycles. The normalized spacial score (nSPS) is 10.4. The summed E-state index contributed by atoms with van der Waals surface area (Å²) >= 11 is 0. The van der Waals surface area contributed by atoms with E-state index in [1.165, 1.54) is 30.5 Å². The van der Waals surface area contributed by atoms with Gasteiger partial charge in [-0.3, -0.25) is 9.59 Å². The van der Waals surface area contributed by atoms with Gasteiger partial charge in [-0.05, 0) is 43.3 Å². The molecule has 0 saturated heterocycles. The highest BCUT2D eigenvalue weighted by molar-refractivity contribution is 6.39. The van der Waals surface area contributed by atoms with E-state index in [9.17, 15) is 14.0 Å². The molecule has 0 saturated carbocycles. The Balaban J connectivity index is 1.92. The van der Waals surface area contributed by atoms with Crippen LogP contribution in [0.1, 0.15) is 12.5 Å². The zero-order valence-corrected chi connectivity index (χ0v) is 13.0. The molecular weight excluding hydrogens is 313 g/mol. The Kier molecular flexibility index (Phi) is 6.01. The molecule has 0 bridgehead atoms. The Morgan fingerprint density at radius 3 is 2.54 bits per heavy atom. The van der Waals surface area contributed by atoms with Crippen molar-refractivity contribution in [3.8, 4) is 5.75 Å². The predicted octanol–water partition coefficient (Wildman–Crippen LogP) is 2.31. The highest BCUT2D eigenvalue weighted by Crippen LogP contribution is 2.15. The van der Waals surface area contributed by atoms with E-state index in [-0.39, 0.29) is 0 Å². The number of carbonyl (C=O) groups excluding carboxylic acids is 2. The first kappa shape index (κ1) is 17.1. The highest BCUT2D eigenvalue weighted by Gasteiger charge is 2.12. The number of hydrogen-bond acceptors (Lipinski definition) is 4. The van der Waals surface area contributed by atoms with Crippen molar-refractivity contribution in [2.24, 2.45) is 5.10 Å². The number of benzene rings is 2. The number of carbonyl (C=O) groups is 2. The number of nitrogens with one attached hydrogen (secondary N) is 2. The molecule has 0 aliphatic rings. The summed E-state index contributed by atoms with van der Waals surface area (Å²) in [5.74, 6) is -1.66. The van der Waals surface area contributed by atoms with E-state index in [1.54, 1.807) is 18.2 Å². The first-order valence-electron chi connectivity index (χ1n) is 7.22. The first-order valence-corrected chi connectivity index (χ1v) is 7.22. The van der Waals surface area contributed by atoms with Gasteiger partial charge in [-0.1, -0.05) is 12.1 Å². The minimum absolute atomic E-state index is 0.308. The van der Waals surface area contributed by atoms with E-state index < -0.39 is 17.6 Å². The quantitative estimate of drug-likeness (QED) is 0.502. The number of rotatable bonds is 5. The average Bonchev–Trinajstić information content (AvgIpc) is 2.58. The van der Waals surface area contributed by atoms with Crippen LogP contribution in [0.3, 0.4) is 0 Å². The van der Waals surface area contributed by atoms with Crippen LogP contribution in [0, 0.1) is 5.82 Å². The Bertz CT molecular complexity index is 745. The summed E-state index contributed by atoms with van der Waals surface area (Å²) in [5, 5.41) is 6.07. The molecule has 6 nitrogen and oxygen atoms in total. The molecule has 0 heterocycles. The number of halogens is 1. The van der Waals surface area contributed by atoms with Gasteiger partial charge in [-0.2, -0.15) is 5.10 Å². The van der Waals surface area contributed by atoms with E-state index in [0.717, 1.165) is 0 Å².